The predicted octanol–water partition coefficient (Wildman–Crippen LogP) is 3.29. The Morgan fingerprint density at radius 3 is 2.60 bits per heavy atom. The van der Waals surface area contributed by atoms with E-state index in [4.69, 9.17) is 0 Å². The van der Waals surface area contributed by atoms with Crippen LogP contribution < -0.4 is 4.90 Å². The van der Waals surface area contributed by atoms with Gasteiger partial charge in [0.15, 0.2) is 0 Å². The van der Waals surface area contributed by atoms with Gasteiger partial charge >= 0.3 is 0 Å². The topological polar surface area (TPSA) is 53.5 Å². The number of anilines is 1. The van der Waals surface area contributed by atoms with Gasteiger partial charge in [0.05, 0.1) is 0 Å². The van der Waals surface area contributed by atoms with Crippen molar-refractivity contribution in [2.24, 2.45) is 0 Å². The smallest absolute Gasteiger partial charge is 0.272 e. The lowest BCUT2D eigenvalue weighted by atomic mass is 10.1. The van der Waals surface area contributed by atoms with E-state index < -0.39 is 0 Å². The summed E-state index contributed by atoms with van der Waals surface area (Å²) in [5.41, 5.74) is 2.79. The number of aryl methyl sites for hydroxylation is 1. The minimum atomic E-state index is -0.119. The second-order valence-corrected chi connectivity index (χ2v) is 6.32. The van der Waals surface area contributed by atoms with E-state index in [1.165, 1.54) is 0 Å². The number of pyridine rings is 1. The van der Waals surface area contributed by atoms with Crippen LogP contribution in [-0.2, 0) is 0 Å². The molecule has 0 saturated carbocycles. The predicted molar refractivity (Wildman–Crippen MR) is 97.9 cm³/mol. The van der Waals surface area contributed by atoms with Gasteiger partial charge < -0.3 is 9.80 Å². The van der Waals surface area contributed by atoms with E-state index in [1.807, 2.05) is 38.1 Å². The molecule has 0 atom stereocenters. The van der Waals surface area contributed by atoms with Crippen LogP contribution in [-0.4, -0.2) is 41.3 Å². The van der Waals surface area contributed by atoms with E-state index >= 15 is 0 Å². The maximum absolute atomic E-state index is 13.0. The molecule has 2 amide bonds. The number of carbonyl (C=O) groups excluding carboxylic acids is 2. The second kappa shape index (κ2) is 7.47. The number of benzene rings is 1. The minimum absolute atomic E-state index is 0.0919. The van der Waals surface area contributed by atoms with Crippen molar-refractivity contribution in [3.8, 4) is 0 Å². The SMILES string of the molecule is CCN(C(=O)c1ccnc(C(=O)N2CCCC2)c1)c1cccc(C)c1. The molecule has 1 saturated heterocycles. The van der Waals surface area contributed by atoms with E-state index in [0.29, 0.717) is 17.8 Å². The Morgan fingerprint density at radius 1 is 1.16 bits per heavy atom. The van der Waals surface area contributed by atoms with Crippen LogP contribution in [0.5, 0.6) is 0 Å². The molecule has 1 aromatic carbocycles. The lowest BCUT2D eigenvalue weighted by Gasteiger charge is -2.22. The van der Waals surface area contributed by atoms with Crippen LogP contribution in [0.2, 0.25) is 0 Å². The van der Waals surface area contributed by atoms with Gasteiger partial charge in [0.1, 0.15) is 5.69 Å². The van der Waals surface area contributed by atoms with Crippen molar-refractivity contribution in [1.29, 1.82) is 0 Å². The van der Waals surface area contributed by atoms with Gasteiger partial charge in [-0.05, 0) is 56.5 Å². The summed E-state index contributed by atoms with van der Waals surface area (Å²) in [6.45, 7) is 6.03. The van der Waals surface area contributed by atoms with Gasteiger partial charge in [0, 0.05) is 37.1 Å². The second-order valence-electron chi connectivity index (χ2n) is 6.32. The van der Waals surface area contributed by atoms with E-state index in [9.17, 15) is 9.59 Å². The fraction of sp³-hybridized carbons (Fsp3) is 0.350. The number of amides is 2. The van der Waals surface area contributed by atoms with Crippen LogP contribution in [0.1, 0.15) is 46.2 Å². The Hall–Kier alpha value is -2.69. The lowest BCUT2D eigenvalue weighted by Crippen LogP contribution is -2.32. The van der Waals surface area contributed by atoms with Gasteiger partial charge in [0.25, 0.3) is 11.8 Å². The van der Waals surface area contributed by atoms with Gasteiger partial charge in [-0.3, -0.25) is 14.6 Å². The molecule has 2 heterocycles. The lowest BCUT2D eigenvalue weighted by molar-refractivity contribution is 0.0787. The number of likely N-dealkylation sites (tertiary alicyclic amines) is 1. The van der Waals surface area contributed by atoms with Crippen molar-refractivity contribution in [3.05, 3.63) is 59.4 Å². The summed E-state index contributed by atoms with van der Waals surface area (Å²) in [4.78, 5) is 33.2. The fourth-order valence-corrected chi connectivity index (χ4v) is 3.16. The Labute approximate surface area is 148 Å². The van der Waals surface area contributed by atoms with Crippen molar-refractivity contribution >= 4 is 17.5 Å². The molecule has 0 radical (unpaired) electrons. The third-order valence-corrected chi connectivity index (χ3v) is 4.49. The zero-order valence-corrected chi connectivity index (χ0v) is 14.7. The van der Waals surface area contributed by atoms with Crippen LogP contribution in [0.15, 0.2) is 42.6 Å². The first-order valence-electron chi connectivity index (χ1n) is 8.74. The molecule has 1 aliphatic heterocycles. The fourth-order valence-electron chi connectivity index (χ4n) is 3.16. The summed E-state index contributed by atoms with van der Waals surface area (Å²) in [7, 11) is 0. The van der Waals surface area contributed by atoms with E-state index in [-0.39, 0.29) is 11.8 Å². The third-order valence-electron chi connectivity index (χ3n) is 4.49. The molecule has 1 fully saturated rings. The highest BCUT2D eigenvalue weighted by molar-refractivity contribution is 6.07. The molecule has 130 valence electrons. The quantitative estimate of drug-likeness (QED) is 0.860. The number of carbonyl (C=O) groups is 2. The van der Waals surface area contributed by atoms with Crippen LogP contribution in [0.4, 0.5) is 5.69 Å². The molecule has 25 heavy (non-hydrogen) atoms. The van der Waals surface area contributed by atoms with Crippen molar-refractivity contribution in [2.75, 3.05) is 24.5 Å². The summed E-state index contributed by atoms with van der Waals surface area (Å²) in [6.07, 6.45) is 3.60. The maximum atomic E-state index is 13.0. The van der Waals surface area contributed by atoms with Crippen LogP contribution in [0.3, 0.4) is 0 Å². The summed E-state index contributed by atoms with van der Waals surface area (Å²) in [5, 5.41) is 0. The summed E-state index contributed by atoms with van der Waals surface area (Å²) >= 11 is 0. The first-order valence-corrected chi connectivity index (χ1v) is 8.74. The molecule has 2 aromatic rings. The average molecular weight is 337 g/mol. The van der Waals surface area contributed by atoms with Gasteiger partial charge in [-0.1, -0.05) is 12.1 Å². The maximum Gasteiger partial charge on any atom is 0.272 e. The van der Waals surface area contributed by atoms with Crippen molar-refractivity contribution < 1.29 is 9.59 Å². The molecular weight excluding hydrogens is 314 g/mol. The first kappa shape index (κ1) is 17.1. The molecule has 0 spiro atoms. The number of aromatic nitrogens is 1. The van der Waals surface area contributed by atoms with Crippen molar-refractivity contribution in [2.45, 2.75) is 26.7 Å². The molecule has 3 rings (SSSR count). The highest BCUT2D eigenvalue weighted by Crippen LogP contribution is 2.19. The molecule has 0 N–H and O–H groups in total. The monoisotopic (exact) mass is 337 g/mol. The highest BCUT2D eigenvalue weighted by atomic mass is 16.2. The van der Waals surface area contributed by atoms with Crippen LogP contribution in [0.25, 0.3) is 0 Å². The molecule has 0 unspecified atom stereocenters. The van der Waals surface area contributed by atoms with E-state index in [1.54, 1.807) is 28.1 Å². The van der Waals surface area contributed by atoms with Gasteiger partial charge in [-0.25, -0.2) is 0 Å². The first-order chi connectivity index (χ1) is 12.1. The van der Waals surface area contributed by atoms with Crippen molar-refractivity contribution in [3.63, 3.8) is 0 Å². The Morgan fingerprint density at radius 2 is 1.92 bits per heavy atom. The number of hydrogen-bond donors (Lipinski definition) is 0. The number of nitrogens with zero attached hydrogens (tertiary/aromatic N) is 3. The molecule has 5 nitrogen and oxygen atoms in total. The zero-order chi connectivity index (χ0) is 17.8. The summed E-state index contributed by atoms with van der Waals surface area (Å²) in [5.74, 6) is -0.211. The number of hydrogen-bond acceptors (Lipinski definition) is 3. The third kappa shape index (κ3) is 3.71. The zero-order valence-electron chi connectivity index (χ0n) is 14.7. The number of rotatable bonds is 4. The van der Waals surface area contributed by atoms with E-state index in [0.717, 1.165) is 37.2 Å². The van der Waals surface area contributed by atoms with Crippen LogP contribution in [0, 0.1) is 6.92 Å². The normalized spacial score (nSPS) is 13.8. The van der Waals surface area contributed by atoms with Gasteiger partial charge in [-0.15, -0.1) is 0 Å². The largest absolute Gasteiger partial charge is 0.337 e. The Kier molecular flexibility index (Phi) is 5.12. The average Bonchev–Trinajstić information content (AvgIpc) is 3.16. The molecule has 1 aromatic heterocycles. The van der Waals surface area contributed by atoms with Crippen LogP contribution >= 0.6 is 0 Å². The molecule has 0 bridgehead atoms. The molecular formula is C20H23N3O2. The summed E-state index contributed by atoms with van der Waals surface area (Å²) < 4.78 is 0. The van der Waals surface area contributed by atoms with E-state index in [2.05, 4.69) is 4.98 Å². The van der Waals surface area contributed by atoms with Crippen molar-refractivity contribution in [1.82, 2.24) is 9.88 Å². The molecule has 1 aliphatic rings. The molecule has 0 aliphatic carbocycles. The highest BCUT2D eigenvalue weighted by Gasteiger charge is 2.23. The molecule has 5 heteroatoms. The Bertz CT molecular complexity index is 782. The summed E-state index contributed by atoms with van der Waals surface area (Å²) in [6, 6.07) is 11.1. The van der Waals surface area contributed by atoms with Gasteiger partial charge in [-0.2, -0.15) is 0 Å². The standard InChI is InChI=1S/C20H23N3O2/c1-3-23(17-8-6-7-15(2)13-17)19(24)16-9-10-21-18(14-16)20(25)22-11-4-5-12-22/h6-10,13-14H,3-5,11-12H2,1-2H3. The van der Waals surface area contributed by atoms with Gasteiger partial charge in [0.2, 0.25) is 0 Å². The minimum Gasteiger partial charge on any atom is -0.337 e. The Balaban J connectivity index is 1.86.